The van der Waals surface area contributed by atoms with Gasteiger partial charge in [-0.15, -0.1) is 0 Å². The highest BCUT2D eigenvalue weighted by Gasteiger charge is 2.24. The Hall–Kier alpha value is -2.84. The summed E-state index contributed by atoms with van der Waals surface area (Å²) in [6.45, 7) is 1.32. The zero-order valence-corrected chi connectivity index (χ0v) is 13.8. The summed E-state index contributed by atoms with van der Waals surface area (Å²) in [7, 11) is 3.49. The highest BCUT2D eigenvalue weighted by molar-refractivity contribution is 5.89. The molecule has 0 saturated carbocycles. The molecule has 0 radical (unpaired) electrons. The highest BCUT2D eigenvalue weighted by atomic mass is 16.2. The fourth-order valence-electron chi connectivity index (χ4n) is 2.83. The Balaban J connectivity index is 1.62. The number of carbonyl (C=O) groups excluding carboxylic acids is 1. The van der Waals surface area contributed by atoms with Crippen molar-refractivity contribution >= 4 is 17.5 Å². The molecule has 0 spiro atoms. The molecular formula is C15H21N7O2. The molecule has 2 aromatic heterocycles. The van der Waals surface area contributed by atoms with E-state index < -0.39 is 0 Å². The first-order chi connectivity index (χ1) is 11.5. The fourth-order valence-corrected chi connectivity index (χ4v) is 2.83. The van der Waals surface area contributed by atoms with Gasteiger partial charge < -0.3 is 20.1 Å². The molecule has 0 unspecified atom stereocenters. The number of carbonyl (C=O) groups is 1. The Morgan fingerprint density at radius 3 is 2.96 bits per heavy atom. The lowest BCUT2D eigenvalue weighted by molar-refractivity contribution is 0.246. The van der Waals surface area contributed by atoms with Crippen LogP contribution >= 0.6 is 0 Å². The number of rotatable bonds is 3. The van der Waals surface area contributed by atoms with Crippen molar-refractivity contribution in [2.45, 2.75) is 18.9 Å². The van der Waals surface area contributed by atoms with E-state index in [1.54, 1.807) is 43.6 Å². The predicted molar refractivity (Wildman–Crippen MR) is 90.1 cm³/mol. The van der Waals surface area contributed by atoms with Crippen molar-refractivity contribution in [1.29, 1.82) is 0 Å². The van der Waals surface area contributed by atoms with Crippen LogP contribution in [0, 0.1) is 0 Å². The summed E-state index contributed by atoms with van der Waals surface area (Å²) in [5.74, 6) is 0.430. The molecule has 2 amide bonds. The van der Waals surface area contributed by atoms with Gasteiger partial charge in [0.15, 0.2) is 5.82 Å². The zero-order valence-electron chi connectivity index (χ0n) is 13.8. The molecule has 0 aliphatic carbocycles. The summed E-state index contributed by atoms with van der Waals surface area (Å²) in [5.41, 5.74) is 0.513. The lowest BCUT2D eigenvalue weighted by atomic mass is 10.1. The maximum absolute atomic E-state index is 12.2. The van der Waals surface area contributed by atoms with Crippen LogP contribution in [0.4, 0.5) is 16.3 Å². The van der Waals surface area contributed by atoms with E-state index >= 15 is 0 Å². The molecule has 1 atom stereocenters. The van der Waals surface area contributed by atoms with Crippen LogP contribution in [0.15, 0.2) is 29.6 Å². The van der Waals surface area contributed by atoms with Crippen molar-refractivity contribution in [2.75, 3.05) is 23.3 Å². The minimum Gasteiger partial charge on any atom is -0.350 e. The molecule has 0 bridgehead atoms. The Kier molecular flexibility index (Phi) is 4.50. The Labute approximate surface area is 139 Å². The van der Waals surface area contributed by atoms with E-state index in [1.807, 2.05) is 4.90 Å². The van der Waals surface area contributed by atoms with Crippen LogP contribution in [0.3, 0.4) is 0 Å². The molecule has 3 heterocycles. The number of urea groups is 1. The van der Waals surface area contributed by atoms with E-state index in [1.165, 1.54) is 4.57 Å². The molecule has 1 saturated heterocycles. The van der Waals surface area contributed by atoms with Gasteiger partial charge in [0.25, 0.3) is 5.56 Å². The number of hydrogen-bond acceptors (Lipinski definition) is 5. The molecule has 2 N–H and O–H groups in total. The molecule has 1 aliphatic heterocycles. The molecule has 2 aromatic rings. The number of piperidine rings is 1. The molecule has 128 valence electrons. The zero-order chi connectivity index (χ0) is 17.1. The number of amides is 2. The van der Waals surface area contributed by atoms with Gasteiger partial charge in [0.2, 0.25) is 0 Å². The normalized spacial score (nSPS) is 17.6. The standard InChI is InChI=1S/C15H21N7O2/c1-20-7-5-16-13(14(20)23)22-6-3-4-11(10-22)18-15(24)19-12-8-17-21(2)9-12/h5,7-9,11H,3-4,6,10H2,1-2H3,(H2,18,19,24)/t11-/m1/s1. The monoisotopic (exact) mass is 331 g/mol. The van der Waals surface area contributed by atoms with E-state index in [-0.39, 0.29) is 17.6 Å². The molecule has 9 heteroatoms. The van der Waals surface area contributed by atoms with Gasteiger partial charge in [-0.25, -0.2) is 9.78 Å². The van der Waals surface area contributed by atoms with Crippen molar-refractivity contribution < 1.29 is 4.79 Å². The summed E-state index contributed by atoms with van der Waals surface area (Å²) < 4.78 is 3.13. The third kappa shape index (κ3) is 3.55. The van der Waals surface area contributed by atoms with Gasteiger partial charge in [-0.1, -0.05) is 0 Å². The quantitative estimate of drug-likeness (QED) is 0.843. The van der Waals surface area contributed by atoms with E-state index in [2.05, 4.69) is 20.7 Å². The lowest BCUT2D eigenvalue weighted by Gasteiger charge is -2.33. The molecule has 24 heavy (non-hydrogen) atoms. The van der Waals surface area contributed by atoms with Crippen LogP contribution in [0.1, 0.15) is 12.8 Å². The van der Waals surface area contributed by atoms with E-state index in [0.29, 0.717) is 18.1 Å². The summed E-state index contributed by atoms with van der Waals surface area (Å²) in [5, 5.41) is 9.70. The van der Waals surface area contributed by atoms with Gasteiger partial charge in [-0.3, -0.25) is 9.48 Å². The third-order valence-electron chi connectivity index (χ3n) is 4.02. The second-order valence-electron chi connectivity index (χ2n) is 5.95. The molecule has 3 rings (SSSR count). The predicted octanol–water partition coefficient (Wildman–Crippen LogP) is 0.304. The van der Waals surface area contributed by atoms with Gasteiger partial charge >= 0.3 is 6.03 Å². The minimum atomic E-state index is -0.274. The number of aryl methyl sites for hydroxylation is 2. The molecule has 1 aliphatic rings. The maximum Gasteiger partial charge on any atom is 0.319 e. The summed E-state index contributed by atoms with van der Waals surface area (Å²) in [6.07, 6.45) is 8.31. The Morgan fingerprint density at radius 1 is 1.38 bits per heavy atom. The molecule has 0 aromatic carbocycles. The number of nitrogens with zero attached hydrogens (tertiary/aromatic N) is 5. The van der Waals surface area contributed by atoms with E-state index in [0.717, 1.165) is 19.4 Å². The van der Waals surface area contributed by atoms with Crippen LogP contribution in [-0.2, 0) is 14.1 Å². The topological polar surface area (TPSA) is 97.1 Å². The Morgan fingerprint density at radius 2 is 2.21 bits per heavy atom. The first-order valence-corrected chi connectivity index (χ1v) is 7.85. The van der Waals surface area contributed by atoms with Crippen molar-refractivity contribution in [2.24, 2.45) is 14.1 Å². The maximum atomic E-state index is 12.2. The van der Waals surface area contributed by atoms with Crippen molar-refractivity contribution in [3.63, 3.8) is 0 Å². The van der Waals surface area contributed by atoms with Gasteiger partial charge in [0.1, 0.15) is 0 Å². The number of aromatic nitrogens is 4. The van der Waals surface area contributed by atoms with Crippen molar-refractivity contribution in [3.05, 3.63) is 35.1 Å². The average molecular weight is 331 g/mol. The van der Waals surface area contributed by atoms with Crippen LogP contribution in [-0.4, -0.2) is 44.5 Å². The van der Waals surface area contributed by atoms with Gasteiger partial charge in [0.05, 0.1) is 11.9 Å². The fraction of sp³-hybridized carbons (Fsp3) is 0.467. The van der Waals surface area contributed by atoms with Crippen LogP contribution < -0.4 is 21.1 Å². The van der Waals surface area contributed by atoms with Crippen LogP contribution in [0.5, 0.6) is 0 Å². The largest absolute Gasteiger partial charge is 0.350 e. The first kappa shape index (κ1) is 16.0. The van der Waals surface area contributed by atoms with E-state index in [9.17, 15) is 9.59 Å². The molecular weight excluding hydrogens is 310 g/mol. The van der Waals surface area contributed by atoms with Crippen molar-refractivity contribution in [1.82, 2.24) is 24.6 Å². The third-order valence-corrected chi connectivity index (χ3v) is 4.02. The average Bonchev–Trinajstić information content (AvgIpc) is 2.95. The number of nitrogens with one attached hydrogen (secondary N) is 2. The van der Waals surface area contributed by atoms with Gasteiger partial charge in [-0.2, -0.15) is 5.10 Å². The van der Waals surface area contributed by atoms with Crippen LogP contribution in [0.2, 0.25) is 0 Å². The summed E-state index contributed by atoms with van der Waals surface area (Å²) in [6, 6.07) is -0.314. The number of anilines is 2. The second kappa shape index (κ2) is 6.73. The molecule has 9 nitrogen and oxygen atoms in total. The summed E-state index contributed by atoms with van der Waals surface area (Å²) in [4.78, 5) is 30.4. The minimum absolute atomic E-state index is 0.0397. The Bertz CT molecular complexity index is 782. The highest BCUT2D eigenvalue weighted by Crippen LogP contribution is 2.14. The van der Waals surface area contributed by atoms with Gasteiger partial charge in [-0.05, 0) is 12.8 Å². The first-order valence-electron chi connectivity index (χ1n) is 7.85. The van der Waals surface area contributed by atoms with Crippen LogP contribution in [0.25, 0.3) is 0 Å². The second-order valence-corrected chi connectivity index (χ2v) is 5.95. The summed E-state index contributed by atoms with van der Waals surface area (Å²) >= 11 is 0. The van der Waals surface area contributed by atoms with Gasteiger partial charge in [0, 0.05) is 51.8 Å². The number of hydrogen-bond donors (Lipinski definition) is 2. The molecule has 1 fully saturated rings. The smallest absolute Gasteiger partial charge is 0.319 e. The lowest BCUT2D eigenvalue weighted by Crippen LogP contribution is -2.50. The van der Waals surface area contributed by atoms with Crippen molar-refractivity contribution in [3.8, 4) is 0 Å². The van der Waals surface area contributed by atoms with E-state index in [4.69, 9.17) is 0 Å². The SMILES string of the molecule is Cn1cc(NC(=O)N[C@@H]2CCCN(c3nccn(C)c3=O)C2)cn1.